The van der Waals surface area contributed by atoms with Gasteiger partial charge < -0.3 is 20.1 Å². The van der Waals surface area contributed by atoms with E-state index in [-0.39, 0.29) is 6.61 Å². The first-order valence-corrected chi connectivity index (χ1v) is 7.78. The van der Waals surface area contributed by atoms with E-state index >= 15 is 0 Å². The van der Waals surface area contributed by atoms with Gasteiger partial charge in [0.25, 0.3) is 0 Å². The standard InChI is InChI=1S/C17H22N2O4/c20-16(21)12-15(19-10-4-5-11-19)8-9-18-17(22)23-13-14-6-2-1-3-7-14/h1-3,6-7,12H,4-5,8-11,13H2,(H,18,22)(H,20,21)/b15-12-. The average Bonchev–Trinajstić information content (AvgIpc) is 3.07. The lowest BCUT2D eigenvalue weighted by molar-refractivity contribution is -0.131. The molecule has 0 bridgehead atoms. The van der Waals surface area contributed by atoms with E-state index in [2.05, 4.69) is 10.2 Å². The Kier molecular flexibility index (Phi) is 6.47. The van der Waals surface area contributed by atoms with Gasteiger partial charge in [0, 0.05) is 37.8 Å². The van der Waals surface area contributed by atoms with E-state index in [1.807, 2.05) is 30.3 Å². The number of carboxylic acid groups (broad SMARTS) is 1. The van der Waals surface area contributed by atoms with Crippen LogP contribution < -0.4 is 5.32 Å². The second-order valence-electron chi connectivity index (χ2n) is 5.41. The second-order valence-corrected chi connectivity index (χ2v) is 5.41. The summed E-state index contributed by atoms with van der Waals surface area (Å²) in [4.78, 5) is 24.6. The molecule has 0 radical (unpaired) electrons. The summed E-state index contributed by atoms with van der Waals surface area (Å²) in [6.07, 6.45) is 3.35. The van der Waals surface area contributed by atoms with E-state index < -0.39 is 12.1 Å². The number of ether oxygens (including phenoxy) is 1. The summed E-state index contributed by atoms with van der Waals surface area (Å²) in [5.41, 5.74) is 1.67. The predicted molar refractivity (Wildman–Crippen MR) is 85.8 cm³/mol. The fourth-order valence-electron chi connectivity index (χ4n) is 2.54. The Bertz CT molecular complexity index is 551. The van der Waals surface area contributed by atoms with Crippen molar-refractivity contribution in [2.75, 3.05) is 19.6 Å². The minimum Gasteiger partial charge on any atom is -0.478 e. The molecule has 0 saturated carbocycles. The number of hydrogen-bond donors (Lipinski definition) is 2. The molecular weight excluding hydrogens is 296 g/mol. The molecule has 1 saturated heterocycles. The molecule has 1 heterocycles. The summed E-state index contributed by atoms with van der Waals surface area (Å²) in [5, 5.41) is 11.6. The quantitative estimate of drug-likeness (QED) is 0.755. The lowest BCUT2D eigenvalue weighted by Crippen LogP contribution is -2.28. The van der Waals surface area contributed by atoms with Crippen LogP contribution in [0.1, 0.15) is 24.8 Å². The number of carboxylic acids is 1. The Morgan fingerprint density at radius 1 is 1.22 bits per heavy atom. The minimum absolute atomic E-state index is 0.219. The van der Waals surface area contributed by atoms with Gasteiger partial charge in [-0.2, -0.15) is 0 Å². The number of nitrogens with zero attached hydrogens (tertiary/aromatic N) is 1. The number of benzene rings is 1. The van der Waals surface area contributed by atoms with E-state index in [1.54, 1.807) is 0 Å². The van der Waals surface area contributed by atoms with Crippen LogP contribution in [-0.4, -0.2) is 41.7 Å². The van der Waals surface area contributed by atoms with Crippen molar-refractivity contribution in [1.29, 1.82) is 0 Å². The Morgan fingerprint density at radius 3 is 2.57 bits per heavy atom. The van der Waals surface area contributed by atoms with Gasteiger partial charge >= 0.3 is 12.1 Å². The van der Waals surface area contributed by atoms with Gasteiger partial charge in [-0.25, -0.2) is 9.59 Å². The van der Waals surface area contributed by atoms with Gasteiger partial charge in [-0.15, -0.1) is 0 Å². The summed E-state index contributed by atoms with van der Waals surface area (Å²) in [7, 11) is 0. The lowest BCUT2D eigenvalue weighted by atomic mass is 10.2. The van der Waals surface area contributed by atoms with Gasteiger partial charge in [0.2, 0.25) is 0 Å². The van der Waals surface area contributed by atoms with E-state index in [0.29, 0.717) is 13.0 Å². The summed E-state index contributed by atoms with van der Waals surface area (Å²) < 4.78 is 5.12. The number of nitrogens with one attached hydrogen (secondary N) is 1. The molecule has 1 amide bonds. The van der Waals surface area contributed by atoms with Crippen LogP contribution in [0.5, 0.6) is 0 Å². The van der Waals surface area contributed by atoms with E-state index in [1.165, 1.54) is 6.08 Å². The molecule has 1 aliphatic heterocycles. The fraction of sp³-hybridized carbons (Fsp3) is 0.412. The Hall–Kier alpha value is -2.50. The molecular formula is C17H22N2O4. The van der Waals surface area contributed by atoms with E-state index in [9.17, 15) is 9.59 Å². The predicted octanol–water partition coefficient (Wildman–Crippen LogP) is 2.37. The van der Waals surface area contributed by atoms with Crippen molar-refractivity contribution < 1.29 is 19.4 Å². The number of carbonyl (C=O) groups excluding carboxylic acids is 1. The summed E-state index contributed by atoms with van der Waals surface area (Å²) >= 11 is 0. The Balaban J connectivity index is 1.73. The monoisotopic (exact) mass is 318 g/mol. The molecule has 0 atom stereocenters. The van der Waals surface area contributed by atoms with Crippen LogP contribution >= 0.6 is 0 Å². The van der Waals surface area contributed by atoms with Crippen molar-refractivity contribution in [3.8, 4) is 0 Å². The molecule has 2 N–H and O–H groups in total. The van der Waals surface area contributed by atoms with Crippen LogP contribution in [0.3, 0.4) is 0 Å². The third-order valence-corrected chi connectivity index (χ3v) is 3.67. The zero-order chi connectivity index (χ0) is 16.5. The highest BCUT2D eigenvalue weighted by molar-refractivity contribution is 5.80. The van der Waals surface area contributed by atoms with Crippen LogP contribution in [-0.2, 0) is 16.1 Å². The lowest BCUT2D eigenvalue weighted by Gasteiger charge is -2.21. The number of aliphatic carboxylic acids is 1. The number of rotatable bonds is 7. The molecule has 1 fully saturated rings. The molecule has 1 aromatic rings. The molecule has 0 aliphatic carbocycles. The SMILES string of the molecule is O=C(O)/C=C(/CCNC(=O)OCc1ccccc1)N1CCCC1. The van der Waals surface area contributed by atoms with Crippen molar-refractivity contribution in [2.45, 2.75) is 25.9 Å². The maximum atomic E-state index is 11.7. The maximum Gasteiger partial charge on any atom is 0.407 e. The van der Waals surface area contributed by atoms with Crippen LogP contribution in [0.2, 0.25) is 0 Å². The van der Waals surface area contributed by atoms with Crippen molar-refractivity contribution in [3.05, 3.63) is 47.7 Å². The molecule has 124 valence electrons. The fourth-order valence-corrected chi connectivity index (χ4v) is 2.54. The normalized spacial score (nSPS) is 14.6. The first-order chi connectivity index (χ1) is 11.1. The van der Waals surface area contributed by atoms with Gasteiger partial charge in [-0.1, -0.05) is 30.3 Å². The second kappa shape index (κ2) is 8.82. The van der Waals surface area contributed by atoms with Crippen molar-refractivity contribution in [1.82, 2.24) is 10.2 Å². The molecule has 0 spiro atoms. The number of amides is 1. The van der Waals surface area contributed by atoms with Gasteiger partial charge in [0.05, 0.1) is 0 Å². The third-order valence-electron chi connectivity index (χ3n) is 3.67. The molecule has 6 nitrogen and oxygen atoms in total. The highest BCUT2D eigenvalue weighted by Gasteiger charge is 2.16. The van der Waals surface area contributed by atoms with Crippen LogP contribution in [0.4, 0.5) is 4.79 Å². The zero-order valence-electron chi connectivity index (χ0n) is 13.0. The first-order valence-electron chi connectivity index (χ1n) is 7.78. The van der Waals surface area contributed by atoms with Crippen molar-refractivity contribution in [2.24, 2.45) is 0 Å². The van der Waals surface area contributed by atoms with Crippen LogP contribution in [0.25, 0.3) is 0 Å². The molecule has 1 aromatic carbocycles. The number of likely N-dealkylation sites (tertiary alicyclic amines) is 1. The van der Waals surface area contributed by atoms with Gasteiger partial charge in [-0.05, 0) is 18.4 Å². The highest BCUT2D eigenvalue weighted by Crippen LogP contribution is 2.16. The van der Waals surface area contributed by atoms with Crippen molar-refractivity contribution in [3.63, 3.8) is 0 Å². The van der Waals surface area contributed by atoms with Gasteiger partial charge in [0.15, 0.2) is 0 Å². The molecule has 23 heavy (non-hydrogen) atoms. The first kappa shape index (κ1) is 16.9. The van der Waals surface area contributed by atoms with Gasteiger partial charge in [0.1, 0.15) is 6.61 Å². The summed E-state index contributed by atoms with van der Waals surface area (Å²) in [6, 6.07) is 9.44. The Labute approximate surface area is 135 Å². The largest absolute Gasteiger partial charge is 0.478 e. The number of carbonyl (C=O) groups is 2. The van der Waals surface area contributed by atoms with Gasteiger partial charge in [-0.3, -0.25) is 0 Å². The van der Waals surface area contributed by atoms with Crippen molar-refractivity contribution >= 4 is 12.1 Å². The number of hydrogen-bond acceptors (Lipinski definition) is 4. The van der Waals surface area contributed by atoms with Crippen LogP contribution in [0.15, 0.2) is 42.1 Å². The minimum atomic E-state index is -0.960. The number of alkyl carbamates (subject to hydrolysis) is 1. The zero-order valence-corrected chi connectivity index (χ0v) is 13.0. The molecule has 6 heteroatoms. The topological polar surface area (TPSA) is 78.9 Å². The van der Waals surface area contributed by atoms with E-state index in [4.69, 9.17) is 9.84 Å². The highest BCUT2D eigenvalue weighted by atomic mass is 16.5. The third kappa shape index (κ3) is 6.02. The summed E-state index contributed by atoms with van der Waals surface area (Å²) in [6.45, 7) is 2.31. The smallest absolute Gasteiger partial charge is 0.407 e. The molecule has 0 aromatic heterocycles. The maximum absolute atomic E-state index is 11.7. The summed E-state index contributed by atoms with van der Waals surface area (Å²) in [5.74, 6) is -0.960. The molecule has 1 aliphatic rings. The van der Waals surface area contributed by atoms with E-state index in [0.717, 1.165) is 37.2 Å². The Morgan fingerprint density at radius 2 is 1.91 bits per heavy atom. The molecule has 2 rings (SSSR count). The average molecular weight is 318 g/mol. The molecule has 0 unspecified atom stereocenters. The van der Waals surface area contributed by atoms with Crippen LogP contribution in [0, 0.1) is 0 Å².